The van der Waals surface area contributed by atoms with Crippen LogP contribution in [0.15, 0.2) is 35.3 Å². The summed E-state index contributed by atoms with van der Waals surface area (Å²) < 4.78 is 0. The maximum absolute atomic E-state index is 11.2. The number of nitrogen functional groups attached to an aromatic ring is 1. The first-order valence-electron chi connectivity index (χ1n) is 5.72. The molecule has 7 nitrogen and oxygen atoms in total. The zero-order chi connectivity index (χ0) is 14.3. The van der Waals surface area contributed by atoms with Gasteiger partial charge >= 0.3 is 5.69 Å². The van der Waals surface area contributed by atoms with Crippen molar-refractivity contribution >= 4 is 39.7 Å². The Hall–Kier alpha value is -2.51. The number of imidazole rings is 1. The topological polar surface area (TPSA) is 117 Å². The van der Waals surface area contributed by atoms with Crippen LogP contribution < -0.4 is 22.3 Å². The van der Waals surface area contributed by atoms with E-state index in [1.54, 1.807) is 24.3 Å². The van der Waals surface area contributed by atoms with Crippen LogP contribution in [-0.2, 0) is 0 Å². The average molecular weight is 291 g/mol. The van der Waals surface area contributed by atoms with Gasteiger partial charge in [0.05, 0.1) is 34.3 Å². The van der Waals surface area contributed by atoms with Crippen LogP contribution in [-0.4, -0.2) is 15.0 Å². The Labute approximate surface area is 118 Å². The lowest BCUT2D eigenvalue weighted by molar-refractivity contribution is 1.08. The molecule has 102 valence electrons. The van der Waals surface area contributed by atoms with E-state index in [2.05, 4.69) is 15.0 Å². The van der Waals surface area contributed by atoms with Crippen molar-refractivity contribution in [2.75, 3.05) is 10.7 Å². The predicted octanol–water partition coefficient (Wildman–Crippen LogP) is 1.50. The summed E-state index contributed by atoms with van der Waals surface area (Å²) in [5, 5.41) is 1.67. The highest BCUT2D eigenvalue weighted by Gasteiger charge is 2.11. The molecule has 0 fully saturated rings. The molecule has 0 bridgehead atoms. The number of fused-ring (bicyclic) bond motifs is 1. The van der Waals surface area contributed by atoms with Gasteiger partial charge in [0.25, 0.3) is 0 Å². The Morgan fingerprint density at radius 1 is 1.20 bits per heavy atom. The maximum Gasteiger partial charge on any atom is 0.323 e. The quantitative estimate of drug-likeness (QED) is 0.324. The van der Waals surface area contributed by atoms with Gasteiger partial charge < -0.3 is 15.7 Å². The molecule has 0 radical (unpaired) electrons. The number of nitrogens with two attached hydrogens (primary N) is 2. The van der Waals surface area contributed by atoms with Crippen molar-refractivity contribution in [3.63, 3.8) is 0 Å². The van der Waals surface area contributed by atoms with E-state index >= 15 is 0 Å². The van der Waals surface area contributed by atoms with Gasteiger partial charge in [0.1, 0.15) is 5.15 Å². The molecule has 1 aromatic carbocycles. The third kappa shape index (κ3) is 2.09. The Morgan fingerprint density at radius 2 is 1.95 bits per heavy atom. The number of nitrogens with zero attached hydrogens (tertiary/aromatic N) is 2. The van der Waals surface area contributed by atoms with E-state index in [0.717, 1.165) is 0 Å². The van der Waals surface area contributed by atoms with Gasteiger partial charge in [-0.05, 0) is 18.2 Å². The van der Waals surface area contributed by atoms with Crippen LogP contribution in [0.3, 0.4) is 0 Å². The summed E-state index contributed by atoms with van der Waals surface area (Å²) in [5.74, 6) is 6.05. The summed E-state index contributed by atoms with van der Waals surface area (Å²) in [6, 6.07) is 6.82. The lowest BCUT2D eigenvalue weighted by atomic mass is 10.2. The van der Waals surface area contributed by atoms with Crippen molar-refractivity contribution in [2.45, 2.75) is 0 Å². The number of anilines is 3. The molecule has 0 aliphatic heterocycles. The number of hydrogen-bond donors (Lipinski definition) is 4. The van der Waals surface area contributed by atoms with Crippen LogP contribution in [0.25, 0.3) is 11.0 Å². The van der Waals surface area contributed by atoms with Gasteiger partial charge in [-0.3, -0.25) is 5.01 Å². The van der Waals surface area contributed by atoms with Crippen LogP contribution in [0.4, 0.5) is 17.1 Å². The van der Waals surface area contributed by atoms with Gasteiger partial charge in [-0.1, -0.05) is 11.6 Å². The molecule has 0 atom stereocenters. The summed E-state index contributed by atoms with van der Waals surface area (Å²) >= 11 is 5.85. The number of H-pyrrole nitrogens is 2. The van der Waals surface area contributed by atoms with Crippen LogP contribution in [0.1, 0.15) is 0 Å². The highest BCUT2D eigenvalue weighted by Crippen LogP contribution is 2.29. The first-order chi connectivity index (χ1) is 9.54. The second kappa shape index (κ2) is 4.55. The van der Waals surface area contributed by atoms with Crippen molar-refractivity contribution in [3.8, 4) is 0 Å². The molecule has 20 heavy (non-hydrogen) atoms. The van der Waals surface area contributed by atoms with Crippen molar-refractivity contribution in [1.82, 2.24) is 15.0 Å². The normalized spacial score (nSPS) is 10.9. The molecule has 0 spiro atoms. The first-order valence-corrected chi connectivity index (χ1v) is 6.10. The lowest BCUT2D eigenvalue weighted by Crippen LogP contribution is -2.25. The van der Waals surface area contributed by atoms with Crippen molar-refractivity contribution < 1.29 is 0 Å². The summed E-state index contributed by atoms with van der Waals surface area (Å²) in [6.45, 7) is 0. The number of halogens is 1. The summed E-state index contributed by atoms with van der Waals surface area (Å²) in [6.07, 6.45) is 1.44. The van der Waals surface area contributed by atoms with E-state index in [9.17, 15) is 4.79 Å². The van der Waals surface area contributed by atoms with Gasteiger partial charge in [-0.15, -0.1) is 0 Å². The number of aromatic amines is 2. The summed E-state index contributed by atoms with van der Waals surface area (Å²) in [5.41, 5.74) is 8.51. The Bertz CT molecular complexity index is 839. The SMILES string of the molecule is Nc1cnc(Cl)cc1N(N)c1ccc2[nH]c(=O)[nH]c2c1. The van der Waals surface area contributed by atoms with Crippen LogP contribution >= 0.6 is 11.6 Å². The van der Waals surface area contributed by atoms with Crippen LogP contribution in [0.2, 0.25) is 5.15 Å². The molecule has 8 heteroatoms. The van der Waals surface area contributed by atoms with Gasteiger partial charge in [0, 0.05) is 6.07 Å². The second-order valence-electron chi connectivity index (χ2n) is 4.24. The Morgan fingerprint density at radius 3 is 2.75 bits per heavy atom. The average Bonchev–Trinajstić information content (AvgIpc) is 2.79. The number of nitrogens with one attached hydrogen (secondary N) is 2. The Kier molecular flexibility index (Phi) is 2.85. The maximum atomic E-state index is 11.2. The molecule has 2 aromatic heterocycles. The lowest BCUT2D eigenvalue weighted by Gasteiger charge is -2.20. The molecular weight excluding hydrogens is 280 g/mol. The monoisotopic (exact) mass is 290 g/mol. The largest absolute Gasteiger partial charge is 0.396 e. The number of hydrazine groups is 1. The van der Waals surface area contributed by atoms with E-state index in [-0.39, 0.29) is 5.69 Å². The standard InChI is InChI=1S/C12H11ClN6O/c13-11-4-10(7(14)5-16-11)19(15)6-1-2-8-9(3-6)18-12(20)17-8/h1-5H,14-15H2,(H2,17,18,20). The highest BCUT2D eigenvalue weighted by atomic mass is 35.5. The molecule has 2 heterocycles. The second-order valence-corrected chi connectivity index (χ2v) is 4.63. The molecule has 3 rings (SSSR count). The number of rotatable bonds is 2. The van der Waals surface area contributed by atoms with Crippen LogP contribution in [0, 0.1) is 0 Å². The minimum Gasteiger partial charge on any atom is -0.396 e. The van der Waals surface area contributed by atoms with Gasteiger partial charge in [-0.25, -0.2) is 15.6 Å². The zero-order valence-electron chi connectivity index (χ0n) is 10.2. The molecule has 0 amide bonds. The molecule has 0 aliphatic carbocycles. The van der Waals surface area contributed by atoms with Gasteiger partial charge in [0.15, 0.2) is 0 Å². The number of pyridine rings is 1. The van der Waals surface area contributed by atoms with E-state index in [4.69, 9.17) is 23.2 Å². The molecule has 3 aromatic rings. The van der Waals surface area contributed by atoms with E-state index in [1.807, 2.05) is 0 Å². The third-order valence-corrected chi connectivity index (χ3v) is 3.12. The number of benzene rings is 1. The third-order valence-electron chi connectivity index (χ3n) is 2.92. The first kappa shape index (κ1) is 12.5. The fourth-order valence-electron chi connectivity index (χ4n) is 1.95. The summed E-state index contributed by atoms with van der Waals surface area (Å²) in [7, 11) is 0. The minimum absolute atomic E-state index is 0.271. The predicted molar refractivity (Wildman–Crippen MR) is 78.9 cm³/mol. The van der Waals surface area contributed by atoms with Gasteiger partial charge in [0.2, 0.25) is 0 Å². The van der Waals surface area contributed by atoms with Crippen molar-refractivity contribution in [2.24, 2.45) is 5.84 Å². The number of aromatic nitrogens is 3. The Balaban J connectivity index is 2.09. The van der Waals surface area contributed by atoms with E-state index < -0.39 is 0 Å². The van der Waals surface area contributed by atoms with Crippen molar-refractivity contribution in [3.05, 3.63) is 46.1 Å². The molecule has 0 saturated carbocycles. The molecule has 0 unspecified atom stereocenters. The highest BCUT2D eigenvalue weighted by molar-refractivity contribution is 6.29. The minimum atomic E-state index is -0.271. The fraction of sp³-hybridized carbons (Fsp3) is 0. The van der Waals surface area contributed by atoms with E-state index in [0.29, 0.717) is 33.2 Å². The number of hydrogen-bond acceptors (Lipinski definition) is 5. The molecule has 0 saturated heterocycles. The van der Waals surface area contributed by atoms with Crippen LogP contribution in [0.5, 0.6) is 0 Å². The van der Waals surface area contributed by atoms with Gasteiger partial charge in [-0.2, -0.15) is 0 Å². The molecular formula is C12H11ClN6O. The fourth-order valence-corrected chi connectivity index (χ4v) is 2.10. The molecule has 0 aliphatic rings. The van der Waals surface area contributed by atoms with Crippen molar-refractivity contribution in [1.29, 1.82) is 0 Å². The molecule has 6 N–H and O–H groups in total. The smallest absolute Gasteiger partial charge is 0.323 e. The zero-order valence-corrected chi connectivity index (χ0v) is 11.0. The van der Waals surface area contributed by atoms with E-state index in [1.165, 1.54) is 11.2 Å². The summed E-state index contributed by atoms with van der Waals surface area (Å²) in [4.78, 5) is 20.4.